The maximum absolute atomic E-state index is 11.4. The molecule has 0 saturated heterocycles. The number of rotatable bonds is 10. The molecule has 1 atom stereocenters. The first-order chi connectivity index (χ1) is 7.70. The Bertz CT molecular complexity index is 166. The summed E-state index contributed by atoms with van der Waals surface area (Å²) in [4.78, 5) is 11.4. The van der Waals surface area contributed by atoms with Crippen LogP contribution in [0, 0.1) is 0 Å². The van der Waals surface area contributed by atoms with E-state index in [1.54, 1.807) is 0 Å². The van der Waals surface area contributed by atoms with Gasteiger partial charge in [0.25, 0.3) is 0 Å². The zero-order valence-electron chi connectivity index (χ0n) is 11.3. The Balaban J connectivity index is 3.39. The fraction of sp³-hybridized carbons (Fsp3) is 0.929. The summed E-state index contributed by atoms with van der Waals surface area (Å²) in [5.41, 5.74) is 0. The largest absolute Gasteiger partial charge is 0.463 e. The van der Waals surface area contributed by atoms with Crippen LogP contribution in [0.5, 0.6) is 0 Å². The number of carbonyl (C=O) groups is 1. The van der Waals surface area contributed by atoms with E-state index in [-0.39, 0.29) is 12.1 Å². The fourth-order valence-electron chi connectivity index (χ4n) is 1.72. The Morgan fingerprint density at radius 3 is 2.25 bits per heavy atom. The normalized spacial score (nSPS) is 12.4. The molecule has 2 nitrogen and oxygen atoms in total. The van der Waals surface area contributed by atoms with Crippen LogP contribution in [0.15, 0.2) is 0 Å². The molecule has 96 valence electrons. The van der Waals surface area contributed by atoms with Crippen molar-refractivity contribution in [3.63, 3.8) is 0 Å². The Labute approximate surface area is 101 Å². The van der Waals surface area contributed by atoms with Crippen LogP contribution in [0.3, 0.4) is 0 Å². The van der Waals surface area contributed by atoms with Crippen LogP contribution in [-0.2, 0) is 9.53 Å². The molecule has 0 aliphatic rings. The summed E-state index contributed by atoms with van der Waals surface area (Å²) in [6.07, 6.45) is 9.89. The third kappa shape index (κ3) is 10.0. The van der Waals surface area contributed by atoms with E-state index in [0.717, 1.165) is 19.3 Å². The van der Waals surface area contributed by atoms with Crippen LogP contribution in [0.25, 0.3) is 0 Å². The molecule has 0 amide bonds. The second kappa shape index (κ2) is 11.0. The Morgan fingerprint density at radius 2 is 1.62 bits per heavy atom. The molecular weight excluding hydrogens is 200 g/mol. The zero-order valence-corrected chi connectivity index (χ0v) is 11.3. The second-order valence-corrected chi connectivity index (χ2v) is 4.61. The van der Waals surface area contributed by atoms with Gasteiger partial charge in [-0.3, -0.25) is 4.79 Å². The van der Waals surface area contributed by atoms with Crippen molar-refractivity contribution >= 4 is 5.97 Å². The molecule has 16 heavy (non-hydrogen) atoms. The van der Waals surface area contributed by atoms with Crippen molar-refractivity contribution in [1.82, 2.24) is 0 Å². The predicted molar refractivity (Wildman–Crippen MR) is 68.5 cm³/mol. The lowest BCUT2D eigenvalue weighted by Crippen LogP contribution is -2.14. The van der Waals surface area contributed by atoms with Gasteiger partial charge in [0.1, 0.15) is 0 Å². The minimum atomic E-state index is -0.0138. The lowest BCUT2D eigenvalue weighted by molar-refractivity contribution is -0.148. The first kappa shape index (κ1) is 15.5. The number of unbranched alkanes of at least 4 members (excludes halogenated alkanes) is 5. The SMILES string of the molecule is CCCCCCC(=O)O[C@@H](C)CCCCC. The van der Waals surface area contributed by atoms with Gasteiger partial charge in [0.05, 0.1) is 6.10 Å². The molecule has 0 spiro atoms. The van der Waals surface area contributed by atoms with Crippen LogP contribution in [0.1, 0.15) is 78.6 Å². The molecule has 0 rings (SSSR count). The van der Waals surface area contributed by atoms with Gasteiger partial charge < -0.3 is 4.74 Å². The standard InChI is InChI=1S/C14H28O2/c1-4-6-8-10-12-14(15)16-13(3)11-9-7-5-2/h13H,4-12H2,1-3H3/t13-/m0/s1. The van der Waals surface area contributed by atoms with Crippen LogP contribution >= 0.6 is 0 Å². The molecule has 0 aliphatic heterocycles. The summed E-state index contributed by atoms with van der Waals surface area (Å²) >= 11 is 0. The first-order valence-corrected chi connectivity index (χ1v) is 6.90. The number of esters is 1. The van der Waals surface area contributed by atoms with Crippen molar-refractivity contribution in [3.05, 3.63) is 0 Å². The summed E-state index contributed by atoms with van der Waals surface area (Å²) in [6.45, 7) is 6.36. The molecule has 0 N–H and O–H groups in total. The molecule has 0 fully saturated rings. The van der Waals surface area contributed by atoms with E-state index in [1.807, 2.05) is 6.92 Å². The summed E-state index contributed by atoms with van der Waals surface area (Å²) in [7, 11) is 0. The highest BCUT2D eigenvalue weighted by molar-refractivity contribution is 5.69. The highest BCUT2D eigenvalue weighted by Gasteiger charge is 2.08. The van der Waals surface area contributed by atoms with Crippen molar-refractivity contribution < 1.29 is 9.53 Å². The fourth-order valence-corrected chi connectivity index (χ4v) is 1.72. The molecule has 0 radical (unpaired) electrons. The summed E-state index contributed by atoms with van der Waals surface area (Å²) in [5.74, 6) is -0.0138. The van der Waals surface area contributed by atoms with Crippen LogP contribution in [0.4, 0.5) is 0 Å². The summed E-state index contributed by atoms with van der Waals surface area (Å²) < 4.78 is 5.34. The van der Waals surface area contributed by atoms with Gasteiger partial charge in [-0.2, -0.15) is 0 Å². The maximum atomic E-state index is 11.4. The quantitative estimate of drug-likeness (QED) is 0.407. The van der Waals surface area contributed by atoms with Crippen LogP contribution < -0.4 is 0 Å². The van der Waals surface area contributed by atoms with E-state index < -0.39 is 0 Å². The molecular formula is C14H28O2. The first-order valence-electron chi connectivity index (χ1n) is 6.90. The smallest absolute Gasteiger partial charge is 0.306 e. The van der Waals surface area contributed by atoms with Crippen molar-refractivity contribution in [2.24, 2.45) is 0 Å². The Kier molecular flexibility index (Phi) is 10.6. The molecule has 0 bridgehead atoms. The van der Waals surface area contributed by atoms with Gasteiger partial charge in [-0.05, 0) is 26.2 Å². The van der Waals surface area contributed by atoms with Crippen molar-refractivity contribution in [1.29, 1.82) is 0 Å². The van der Waals surface area contributed by atoms with E-state index >= 15 is 0 Å². The van der Waals surface area contributed by atoms with Crippen molar-refractivity contribution in [3.8, 4) is 0 Å². The van der Waals surface area contributed by atoms with Crippen LogP contribution in [-0.4, -0.2) is 12.1 Å². The molecule has 0 saturated carbocycles. The minimum absolute atomic E-state index is 0.0138. The van der Waals surface area contributed by atoms with Gasteiger partial charge in [-0.1, -0.05) is 46.0 Å². The maximum Gasteiger partial charge on any atom is 0.306 e. The van der Waals surface area contributed by atoms with Gasteiger partial charge >= 0.3 is 5.97 Å². The molecule has 0 heterocycles. The molecule has 2 heteroatoms. The van der Waals surface area contributed by atoms with E-state index in [9.17, 15) is 4.79 Å². The molecule has 0 aromatic rings. The average Bonchev–Trinajstić information content (AvgIpc) is 2.25. The van der Waals surface area contributed by atoms with Crippen LogP contribution in [0.2, 0.25) is 0 Å². The van der Waals surface area contributed by atoms with Gasteiger partial charge in [0, 0.05) is 6.42 Å². The third-order valence-electron chi connectivity index (χ3n) is 2.78. The van der Waals surface area contributed by atoms with Gasteiger partial charge in [0.15, 0.2) is 0 Å². The molecule has 0 aromatic heterocycles. The Hall–Kier alpha value is -0.530. The van der Waals surface area contributed by atoms with E-state index in [0.29, 0.717) is 6.42 Å². The topological polar surface area (TPSA) is 26.3 Å². The lowest BCUT2D eigenvalue weighted by Gasteiger charge is -2.12. The molecule has 0 unspecified atom stereocenters. The van der Waals surface area contributed by atoms with Gasteiger partial charge in [-0.25, -0.2) is 0 Å². The predicted octanol–water partition coefficient (Wildman–Crippen LogP) is 4.47. The zero-order chi connectivity index (χ0) is 12.2. The highest BCUT2D eigenvalue weighted by atomic mass is 16.5. The molecule has 0 aromatic carbocycles. The number of ether oxygens (including phenoxy) is 1. The number of hydrogen-bond donors (Lipinski definition) is 0. The highest BCUT2D eigenvalue weighted by Crippen LogP contribution is 2.09. The van der Waals surface area contributed by atoms with Gasteiger partial charge in [-0.15, -0.1) is 0 Å². The van der Waals surface area contributed by atoms with E-state index in [1.165, 1.54) is 32.1 Å². The number of hydrogen-bond acceptors (Lipinski definition) is 2. The lowest BCUT2D eigenvalue weighted by atomic mass is 10.1. The summed E-state index contributed by atoms with van der Waals surface area (Å²) in [6, 6.07) is 0. The average molecular weight is 228 g/mol. The third-order valence-corrected chi connectivity index (χ3v) is 2.78. The van der Waals surface area contributed by atoms with E-state index in [4.69, 9.17) is 4.74 Å². The van der Waals surface area contributed by atoms with E-state index in [2.05, 4.69) is 13.8 Å². The van der Waals surface area contributed by atoms with Crippen molar-refractivity contribution in [2.45, 2.75) is 84.7 Å². The van der Waals surface area contributed by atoms with Gasteiger partial charge in [0.2, 0.25) is 0 Å². The summed E-state index contributed by atoms with van der Waals surface area (Å²) in [5, 5.41) is 0. The monoisotopic (exact) mass is 228 g/mol. The number of carbonyl (C=O) groups excluding carboxylic acids is 1. The minimum Gasteiger partial charge on any atom is -0.463 e. The molecule has 0 aliphatic carbocycles. The van der Waals surface area contributed by atoms with Crippen molar-refractivity contribution in [2.75, 3.05) is 0 Å². The Morgan fingerprint density at radius 1 is 1.00 bits per heavy atom. The second-order valence-electron chi connectivity index (χ2n) is 4.61.